The van der Waals surface area contributed by atoms with Gasteiger partial charge in [0.2, 0.25) is 17.8 Å². The highest BCUT2D eigenvalue weighted by Crippen LogP contribution is 2.23. The lowest BCUT2D eigenvalue weighted by molar-refractivity contribution is -0.684. The molecule has 0 saturated carbocycles. The molecule has 0 spiro atoms. The third-order valence-corrected chi connectivity index (χ3v) is 4.54. The van der Waals surface area contributed by atoms with E-state index in [1.54, 1.807) is 11.3 Å². The van der Waals surface area contributed by atoms with Crippen LogP contribution in [0.15, 0.2) is 46.6 Å². The van der Waals surface area contributed by atoms with Crippen molar-refractivity contribution in [3.05, 3.63) is 58.4 Å². The van der Waals surface area contributed by atoms with E-state index in [0.29, 0.717) is 5.69 Å². The zero-order valence-electron chi connectivity index (χ0n) is 11.9. The van der Waals surface area contributed by atoms with E-state index in [9.17, 15) is 4.79 Å². The standard InChI is InChI=1S/C16H15N2O2S/c1-11-12(2)21-10-18(11)8-15(19)16-14(9-20-17-16)13-6-4-3-5-7-13/h3-7,9-10H,8H2,1-2H3/q+1. The fourth-order valence-electron chi connectivity index (χ4n) is 2.16. The van der Waals surface area contributed by atoms with E-state index in [4.69, 9.17) is 4.52 Å². The Kier molecular flexibility index (Phi) is 3.66. The number of ketones is 1. The van der Waals surface area contributed by atoms with E-state index in [0.717, 1.165) is 16.8 Å². The summed E-state index contributed by atoms with van der Waals surface area (Å²) in [6.07, 6.45) is 1.53. The Morgan fingerprint density at radius 1 is 1.29 bits per heavy atom. The quantitative estimate of drug-likeness (QED) is 0.549. The highest BCUT2D eigenvalue weighted by atomic mass is 32.1. The first-order valence-corrected chi connectivity index (χ1v) is 7.52. The third-order valence-electron chi connectivity index (χ3n) is 3.53. The Morgan fingerprint density at radius 3 is 2.71 bits per heavy atom. The smallest absolute Gasteiger partial charge is 0.249 e. The maximum atomic E-state index is 12.5. The van der Waals surface area contributed by atoms with E-state index in [-0.39, 0.29) is 12.3 Å². The molecular formula is C16H15N2O2S+. The Bertz CT molecular complexity index is 775. The molecule has 3 rings (SSSR count). The summed E-state index contributed by atoms with van der Waals surface area (Å²) < 4.78 is 6.97. The number of thiazole rings is 1. The van der Waals surface area contributed by atoms with E-state index in [1.807, 2.05) is 54.3 Å². The predicted molar refractivity (Wildman–Crippen MR) is 80.3 cm³/mol. The minimum atomic E-state index is -0.0477. The van der Waals surface area contributed by atoms with Gasteiger partial charge in [-0.1, -0.05) is 46.8 Å². The summed E-state index contributed by atoms with van der Waals surface area (Å²) in [6, 6.07) is 9.67. The lowest BCUT2D eigenvalue weighted by atomic mass is 10.0. The van der Waals surface area contributed by atoms with E-state index >= 15 is 0 Å². The van der Waals surface area contributed by atoms with Crippen LogP contribution in [0.5, 0.6) is 0 Å². The van der Waals surface area contributed by atoms with Gasteiger partial charge < -0.3 is 4.52 Å². The largest absolute Gasteiger partial charge is 0.363 e. The zero-order valence-corrected chi connectivity index (χ0v) is 12.7. The first kappa shape index (κ1) is 13.7. The number of carbonyl (C=O) groups is 1. The van der Waals surface area contributed by atoms with Crippen LogP contribution in [0.4, 0.5) is 0 Å². The number of carbonyl (C=O) groups excluding carboxylic acids is 1. The first-order valence-electron chi connectivity index (χ1n) is 6.64. The second kappa shape index (κ2) is 5.61. The number of aryl methyl sites for hydroxylation is 1. The molecule has 0 aliphatic carbocycles. The number of Topliss-reactive ketones (excluding diaryl/α,β-unsaturated/α-hetero) is 1. The van der Waals surface area contributed by atoms with Crippen LogP contribution >= 0.6 is 11.3 Å². The van der Waals surface area contributed by atoms with Crippen LogP contribution in [0.2, 0.25) is 0 Å². The molecule has 0 bridgehead atoms. The molecule has 1 aromatic carbocycles. The molecule has 0 atom stereocenters. The molecule has 3 aromatic rings. The molecule has 0 saturated heterocycles. The van der Waals surface area contributed by atoms with Crippen molar-refractivity contribution in [2.45, 2.75) is 20.4 Å². The topological polar surface area (TPSA) is 47.0 Å². The lowest BCUT2D eigenvalue weighted by Gasteiger charge is -1.99. The number of hydrogen-bond donors (Lipinski definition) is 0. The molecule has 4 nitrogen and oxygen atoms in total. The van der Waals surface area contributed by atoms with Crippen molar-refractivity contribution in [2.24, 2.45) is 0 Å². The SMILES string of the molecule is Cc1sc[n+](CC(=O)c2nocc2-c2ccccc2)c1C. The minimum absolute atomic E-state index is 0.0477. The third kappa shape index (κ3) is 2.64. The van der Waals surface area contributed by atoms with Gasteiger partial charge in [0.25, 0.3) is 0 Å². The van der Waals surface area contributed by atoms with Gasteiger partial charge in [0.05, 0.1) is 10.4 Å². The van der Waals surface area contributed by atoms with Crippen molar-refractivity contribution in [1.82, 2.24) is 5.16 Å². The van der Waals surface area contributed by atoms with Gasteiger partial charge in [-0.3, -0.25) is 4.79 Å². The van der Waals surface area contributed by atoms with Crippen LogP contribution in [0, 0.1) is 13.8 Å². The van der Waals surface area contributed by atoms with Crippen LogP contribution < -0.4 is 4.57 Å². The number of hydrogen-bond acceptors (Lipinski definition) is 4. The number of rotatable bonds is 4. The molecule has 2 heterocycles. The molecule has 0 radical (unpaired) electrons. The van der Waals surface area contributed by atoms with E-state index in [2.05, 4.69) is 5.16 Å². The zero-order chi connectivity index (χ0) is 14.8. The maximum absolute atomic E-state index is 12.5. The second-order valence-corrected chi connectivity index (χ2v) is 5.92. The van der Waals surface area contributed by atoms with Crippen molar-refractivity contribution in [3.63, 3.8) is 0 Å². The van der Waals surface area contributed by atoms with Gasteiger partial charge in [-0.05, 0) is 12.5 Å². The first-order chi connectivity index (χ1) is 10.2. The average molecular weight is 299 g/mol. The van der Waals surface area contributed by atoms with Crippen molar-refractivity contribution >= 4 is 17.1 Å². The molecule has 2 aromatic heterocycles. The molecule has 0 fully saturated rings. The minimum Gasteiger partial charge on any atom is -0.363 e. The summed E-state index contributed by atoms with van der Waals surface area (Å²) in [5, 5.41) is 3.89. The van der Waals surface area contributed by atoms with Crippen LogP contribution in [-0.4, -0.2) is 10.9 Å². The molecule has 0 N–H and O–H groups in total. The Balaban J connectivity index is 1.90. The van der Waals surface area contributed by atoms with E-state index in [1.165, 1.54) is 11.1 Å². The van der Waals surface area contributed by atoms with Crippen LogP contribution in [-0.2, 0) is 6.54 Å². The van der Waals surface area contributed by atoms with Crippen molar-refractivity contribution in [2.75, 3.05) is 0 Å². The van der Waals surface area contributed by atoms with Crippen LogP contribution in [0.25, 0.3) is 11.1 Å². The molecular weight excluding hydrogens is 284 g/mol. The highest BCUT2D eigenvalue weighted by molar-refractivity contribution is 7.09. The summed E-state index contributed by atoms with van der Waals surface area (Å²) in [5.41, 5.74) is 5.14. The molecule has 0 unspecified atom stereocenters. The average Bonchev–Trinajstić information content (AvgIpc) is 3.10. The molecule has 0 aliphatic heterocycles. The van der Waals surface area contributed by atoms with Crippen molar-refractivity contribution in [3.8, 4) is 11.1 Å². The van der Waals surface area contributed by atoms with Gasteiger partial charge in [0.15, 0.2) is 11.4 Å². The monoisotopic (exact) mass is 299 g/mol. The van der Waals surface area contributed by atoms with Gasteiger partial charge in [0, 0.05) is 6.92 Å². The summed E-state index contributed by atoms with van der Waals surface area (Å²) in [5.74, 6) is -0.0477. The van der Waals surface area contributed by atoms with Crippen molar-refractivity contribution in [1.29, 1.82) is 0 Å². The maximum Gasteiger partial charge on any atom is 0.249 e. The van der Waals surface area contributed by atoms with Crippen LogP contribution in [0.3, 0.4) is 0 Å². The Morgan fingerprint density at radius 2 is 2.05 bits per heavy atom. The summed E-state index contributed by atoms with van der Waals surface area (Å²) in [7, 11) is 0. The number of benzene rings is 1. The lowest BCUT2D eigenvalue weighted by Crippen LogP contribution is -2.38. The van der Waals surface area contributed by atoms with Gasteiger partial charge in [0.1, 0.15) is 6.26 Å². The molecule has 21 heavy (non-hydrogen) atoms. The molecule has 0 amide bonds. The number of aromatic nitrogens is 2. The van der Waals surface area contributed by atoms with Gasteiger partial charge in [-0.25, -0.2) is 0 Å². The molecule has 106 valence electrons. The van der Waals surface area contributed by atoms with Crippen molar-refractivity contribution < 1.29 is 13.9 Å². The van der Waals surface area contributed by atoms with Gasteiger partial charge in [-0.15, -0.1) is 0 Å². The fourth-order valence-corrected chi connectivity index (χ4v) is 2.96. The molecule has 5 heteroatoms. The van der Waals surface area contributed by atoms with Gasteiger partial charge >= 0.3 is 0 Å². The Hall–Kier alpha value is -2.27. The second-order valence-electron chi connectivity index (χ2n) is 4.86. The fraction of sp³-hybridized carbons (Fsp3) is 0.188. The van der Waals surface area contributed by atoms with Gasteiger partial charge in [-0.2, -0.15) is 4.57 Å². The normalized spacial score (nSPS) is 10.8. The summed E-state index contributed by atoms with van der Waals surface area (Å²) >= 11 is 1.64. The summed E-state index contributed by atoms with van der Waals surface area (Å²) in [4.78, 5) is 13.7. The number of nitrogens with zero attached hydrogens (tertiary/aromatic N) is 2. The summed E-state index contributed by atoms with van der Waals surface area (Å²) in [6.45, 7) is 4.34. The Labute approximate surface area is 126 Å². The van der Waals surface area contributed by atoms with E-state index < -0.39 is 0 Å². The van der Waals surface area contributed by atoms with Crippen LogP contribution in [0.1, 0.15) is 21.1 Å². The predicted octanol–water partition coefficient (Wildman–Crippen LogP) is 3.19. The molecule has 0 aliphatic rings. The highest BCUT2D eigenvalue weighted by Gasteiger charge is 2.23.